The van der Waals surface area contributed by atoms with Crippen molar-refractivity contribution in [1.29, 1.82) is 0 Å². The highest BCUT2D eigenvalue weighted by molar-refractivity contribution is 7.91. The summed E-state index contributed by atoms with van der Waals surface area (Å²) in [4.78, 5) is 23.4. The first-order chi connectivity index (χ1) is 11.3. The Kier molecular flexibility index (Phi) is 5.61. The molecule has 1 aliphatic rings. The average molecular weight is 355 g/mol. The number of nitrogens with one attached hydrogen (secondary N) is 1. The van der Waals surface area contributed by atoms with Gasteiger partial charge < -0.3 is 15.2 Å². The zero-order valence-electron chi connectivity index (χ0n) is 13.4. The summed E-state index contributed by atoms with van der Waals surface area (Å²) in [5.74, 6) is -1.47. The Balaban J connectivity index is 2.07. The molecule has 0 spiro atoms. The lowest BCUT2D eigenvalue weighted by Crippen LogP contribution is -2.54. The molecule has 0 unspecified atom stereocenters. The van der Waals surface area contributed by atoms with Gasteiger partial charge in [-0.1, -0.05) is 0 Å². The van der Waals surface area contributed by atoms with Crippen LogP contribution in [0.4, 0.5) is 0 Å². The van der Waals surface area contributed by atoms with Crippen LogP contribution in [-0.2, 0) is 19.4 Å². The fraction of sp³-hybridized carbons (Fsp3) is 0.500. The van der Waals surface area contributed by atoms with Gasteiger partial charge in [0.2, 0.25) is 0 Å². The van der Waals surface area contributed by atoms with E-state index in [2.05, 4.69) is 5.32 Å². The second-order valence-corrected chi connectivity index (χ2v) is 8.10. The zero-order valence-corrected chi connectivity index (χ0v) is 14.3. The first-order valence-electron chi connectivity index (χ1n) is 7.64. The second kappa shape index (κ2) is 7.31. The van der Waals surface area contributed by atoms with Crippen molar-refractivity contribution in [2.24, 2.45) is 0 Å². The van der Waals surface area contributed by atoms with Crippen LogP contribution in [0.15, 0.2) is 29.2 Å². The number of carbonyl (C=O) groups excluding carboxylic acids is 1. The number of hydrogen-bond acceptors (Lipinski definition) is 5. The molecule has 132 valence electrons. The molecule has 24 heavy (non-hydrogen) atoms. The number of benzene rings is 1. The third-order valence-electron chi connectivity index (χ3n) is 4.21. The van der Waals surface area contributed by atoms with Crippen molar-refractivity contribution in [2.45, 2.75) is 36.1 Å². The minimum atomic E-state index is -3.44. The Labute approximate surface area is 140 Å². The maximum atomic E-state index is 12.3. The van der Waals surface area contributed by atoms with Crippen LogP contribution >= 0.6 is 0 Å². The summed E-state index contributed by atoms with van der Waals surface area (Å²) >= 11 is 0. The van der Waals surface area contributed by atoms with Crippen LogP contribution in [0.25, 0.3) is 0 Å². The predicted octanol–water partition coefficient (Wildman–Crippen LogP) is 1.23. The summed E-state index contributed by atoms with van der Waals surface area (Å²) in [6.07, 6.45) is 2.04. The molecule has 0 aromatic heterocycles. The molecular weight excluding hydrogens is 334 g/mol. The molecule has 1 aliphatic carbocycles. The number of amides is 1. The molecule has 8 heteroatoms. The SMILES string of the molecule is COCCS(=O)(=O)c1ccc(C(=O)NC2(CC(=O)O)CCC2)cc1. The quantitative estimate of drug-likeness (QED) is 0.726. The van der Waals surface area contributed by atoms with Gasteiger partial charge in [0.25, 0.3) is 5.91 Å². The van der Waals surface area contributed by atoms with Crippen LogP contribution in [0, 0.1) is 0 Å². The third-order valence-corrected chi connectivity index (χ3v) is 5.91. The van der Waals surface area contributed by atoms with Crippen LogP contribution in [-0.4, -0.2) is 50.4 Å². The molecule has 1 amide bonds. The van der Waals surface area contributed by atoms with Crippen molar-refractivity contribution < 1.29 is 27.9 Å². The van der Waals surface area contributed by atoms with E-state index in [9.17, 15) is 18.0 Å². The molecule has 0 heterocycles. The minimum absolute atomic E-state index is 0.0995. The van der Waals surface area contributed by atoms with Crippen molar-refractivity contribution in [1.82, 2.24) is 5.32 Å². The molecule has 0 atom stereocenters. The van der Waals surface area contributed by atoms with Gasteiger partial charge in [-0.2, -0.15) is 0 Å². The fourth-order valence-electron chi connectivity index (χ4n) is 2.68. The highest BCUT2D eigenvalue weighted by Crippen LogP contribution is 2.35. The number of aliphatic carboxylic acids is 1. The van der Waals surface area contributed by atoms with Gasteiger partial charge in [-0.25, -0.2) is 8.42 Å². The Morgan fingerprint density at radius 3 is 2.33 bits per heavy atom. The van der Waals surface area contributed by atoms with Crippen molar-refractivity contribution in [2.75, 3.05) is 19.5 Å². The van der Waals surface area contributed by atoms with Crippen molar-refractivity contribution in [3.63, 3.8) is 0 Å². The summed E-state index contributed by atoms with van der Waals surface area (Å²) in [6.45, 7) is 0.0995. The molecule has 0 aliphatic heterocycles. The second-order valence-electron chi connectivity index (χ2n) is 5.99. The number of sulfone groups is 1. The Morgan fingerprint density at radius 2 is 1.88 bits per heavy atom. The Hall–Kier alpha value is -1.93. The van der Waals surface area contributed by atoms with Crippen molar-refractivity contribution in [3.8, 4) is 0 Å². The number of carboxylic acids is 1. The van der Waals surface area contributed by atoms with E-state index >= 15 is 0 Å². The zero-order chi connectivity index (χ0) is 17.8. The summed E-state index contributed by atoms with van der Waals surface area (Å²) < 4.78 is 28.8. The Bertz CT molecular complexity index is 707. The van der Waals surface area contributed by atoms with E-state index in [1.807, 2.05) is 0 Å². The molecule has 2 rings (SSSR count). The van der Waals surface area contributed by atoms with Crippen LogP contribution in [0.1, 0.15) is 36.0 Å². The summed E-state index contributed by atoms with van der Waals surface area (Å²) in [7, 11) is -2.02. The van der Waals surface area contributed by atoms with Gasteiger partial charge in [-0.05, 0) is 43.5 Å². The van der Waals surface area contributed by atoms with E-state index in [1.165, 1.54) is 31.4 Å². The number of methoxy groups -OCH3 is 1. The van der Waals surface area contributed by atoms with Crippen LogP contribution < -0.4 is 5.32 Å². The van der Waals surface area contributed by atoms with E-state index < -0.39 is 27.3 Å². The highest BCUT2D eigenvalue weighted by atomic mass is 32.2. The number of carbonyl (C=O) groups is 2. The maximum absolute atomic E-state index is 12.3. The number of hydrogen-bond donors (Lipinski definition) is 2. The molecule has 1 saturated carbocycles. The van der Waals surface area contributed by atoms with Gasteiger partial charge >= 0.3 is 5.97 Å². The first kappa shape index (κ1) is 18.4. The minimum Gasteiger partial charge on any atom is -0.481 e. The van der Waals surface area contributed by atoms with E-state index in [0.29, 0.717) is 18.4 Å². The molecule has 1 aromatic carbocycles. The monoisotopic (exact) mass is 355 g/mol. The largest absolute Gasteiger partial charge is 0.481 e. The van der Waals surface area contributed by atoms with Crippen molar-refractivity contribution in [3.05, 3.63) is 29.8 Å². The molecule has 7 nitrogen and oxygen atoms in total. The Morgan fingerprint density at radius 1 is 1.25 bits per heavy atom. The van der Waals surface area contributed by atoms with Gasteiger partial charge in [0.1, 0.15) is 0 Å². The first-order valence-corrected chi connectivity index (χ1v) is 9.29. The molecule has 2 N–H and O–H groups in total. The molecule has 1 fully saturated rings. The number of ether oxygens (including phenoxy) is 1. The van der Waals surface area contributed by atoms with Gasteiger partial charge in [0.05, 0.1) is 29.2 Å². The normalized spacial score (nSPS) is 16.2. The van der Waals surface area contributed by atoms with E-state index in [-0.39, 0.29) is 23.7 Å². The summed E-state index contributed by atoms with van der Waals surface area (Å²) in [6, 6.07) is 5.62. The molecule has 0 saturated heterocycles. The molecule has 0 radical (unpaired) electrons. The van der Waals surface area contributed by atoms with E-state index in [4.69, 9.17) is 9.84 Å². The summed E-state index contributed by atoms with van der Waals surface area (Å²) in [5.41, 5.74) is -0.385. The van der Waals surface area contributed by atoms with Gasteiger partial charge in [0.15, 0.2) is 9.84 Å². The van der Waals surface area contributed by atoms with E-state index in [0.717, 1.165) is 6.42 Å². The van der Waals surface area contributed by atoms with Crippen LogP contribution in [0.5, 0.6) is 0 Å². The lowest BCUT2D eigenvalue weighted by atomic mass is 9.74. The number of rotatable bonds is 8. The predicted molar refractivity (Wildman–Crippen MR) is 86.7 cm³/mol. The highest BCUT2D eigenvalue weighted by Gasteiger charge is 2.40. The lowest BCUT2D eigenvalue weighted by Gasteiger charge is -2.41. The van der Waals surface area contributed by atoms with Gasteiger partial charge in [-0.3, -0.25) is 9.59 Å². The molecule has 1 aromatic rings. The van der Waals surface area contributed by atoms with Crippen molar-refractivity contribution >= 4 is 21.7 Å². The van der Waals surface area contributed by atoms with Gasteiger partial charge in [0, 0.05) is 12.7 Å². The average Bonchev–Trinajstić information content (AvgIpc) is 2.50. The molecular formula is C16H21NO6S. The fourth-order valence-corrected chi connectivity index (χ4v) is 3.85. The maximum Gasteiger partial charge on any atom is 0.305 e. The topological polar surface area (TPSA) is 110 Å². The van der Waals surface area contributed by atoms with Gasteiger partial charge in [-0.15, -0.1) is 0 Å². The standard InChI is InChI=1S/C16H21NO6S/c1-23-9-10-24(21,22)13-5-3-12(4-6-13)15(20)17-16(7-2-8-16)11-14(18)19/h3-6H,2,7-11H2,1H3,(H,17,20)(H,18,19). The third kappa shape index (κ3) is 4.33. The van der Waals surface area contributed by atoms with Crippen LogP contribution in [0.3, 0.4) is 0 Å². The summed E-state index contributed by atoms with van der Waals surface area (Å²) in [5, 5.41) is 11.7. The van der Waals surface area contributed by atoms with Crippen LogP contribution in [0.2, 0.25) is 0 Å². The lowest BCUT2D eigenvalue weighted by molar-refractivity contribution is -0.139. The smallest absolute Gasteiger partial charge is 0.305 e. The number of carboxylic acid groups (broad SMARTS) is 1. The molecule has 0 bridgehead atoms. The van der Waals surface area contributed by atoms with E-state index in [1.54, 1.807) is 0 Å².